The highest BCUT2D eigenvalue weighted by Crippen LogP contribution is 2.25. The molecule has 1 aliphatic rings. The summed E-state index contributed by atoms with van der Waals surface area (Å²) in [7, 11) is -5.70. The minimum absolute atomic E-state index is 0.114. The molecule has 10 heteroatoms. The van der Waals surface area contributed by atoms with Gasteiger partial charge in [-0.25, -0.2) is 16.8 Å². The molecule has 0 atom stereocenters. The first kappa shape index (κ1) is 22.9. The van der Waals surface area contributed by atoms with Crippen LogP contribution in [0.25, 0.3) is 0 Å². The molecular weight excluding hydrogens is 424 g/mol. The molecule has 0 bridgehead atoms. The zero-order valence-electron chi connectivity index (χ0n) is 18.0. The smallest absolute Gasteiger partial charge is 0.246 e. The molecule has 0 aliphatic carbocycles. The van der Waals surface area contributed by atoms with E-state index < -0.39 is 20.0 Å². The predicted molar refractivity (Wildman–Crippen MR) is 115 cm³/mol. The van der Waals surface area contributed by atoms with Crippen molar-refractivity contribution in [2.45, 2.75) is 49.8 Å². The lowest BCUT2D eigenvalue weighted by atomic mass is 10.1. The zero-order valence-corrected chi connectivity index (χ0v) is 19.6. The van der Waals surface area contributed by atoms with Gasteiger partial charge in [-0.05, 0) is 44.4 Å². The van der Waals surface area contributed by atoms with E-state index in [4.69, 9.17) is 0 Å². The third-order valence-corrected chi connectivity index (χ3v) is 9.62. The summed E-state index contributed by atoms with van der Waals surface area (Å²) >= 11 is 0. The van der Waals surface area contributed by atoms with Crippen molar-refractivity contribution in [2.24, 2.45) is 7.05 Å². The Morgan fingerprint density at radius 1 is 0.900 bits per heavy atom. The maximum Gasteiger partial charge on any atom is 0.246 e. The lowest BCUT2D eigenvalue weighted by molar-refractivity contribution is 0.404. The van der Waals surface area contributed by atoms with Gasteiger partial charge in [0.2, 0.25) is 20.0 Å². The number of sulfonamides is 2. The Morgan fingerprint density at radius 3 is 1.97 bits per heavy atom. The zero-order chi connectivity index (χ0) is 22.1. The highest BCUT2D eigenvalue weighted by molar-refractivity contribution is 7.89. The summed E-state index contributed by atoms with van der Waals surface area (Å²) in [4.78, 5) is 0.463. The molecule has 1 saturated heterocycles. The van der Waals surface area contributed by atoms with Crippen molar-refractivity contribution in [1.29, 1.82) is 0 Å². The Balaban J connectivity index is 1.80. The van der Waals surface area contributed by atoms with Crippen LogP contribution < -0.4 is 0 Å². The van der Waals surface area contributed by atoms with E-state index >= 15 is 0 Å². The predicted octanol–water partition coefficient (Wildman–Crippen LogP) is 2.07. The molecule has 1 aromatic heterocycles. The summed E-state index contributed by atoms with van der Waals surface area (Å²) in [6.07, 6.45) is 2.34. The van der Waals surface area contributed by atoms with Gasteiger partial charge in [-0.1, -0.05) is 25.5 Å². The molecule has 2 aromatic rings. The SMILES string of the molecule is CCCc1ccc(S(=O)(=O)N2CCCN(S(=O)(=O)c3c(C)nn(C)c3C)CC2)cc1. The van der Waals surface area contributed by atoms with Crippen LogP contribution in [0.2, 0.25) is 0 Å². The molecule has 8 nitrogen and oxygen atoms in total. The highest BCUT2D eigenvalue weighted by Gasteiger charge is 2.34. The first-order chi connectivity index (χ1) is 14.1. The summed E-state index contributed by atoms with van der Waals surface area (Å²) in [5.41, 5.74) is 2.14. The topological polar surface area (TPSA) is 92.6 Å². The minimum atomic E-state index is -3.74. The number of aryl methyl sites for hydroxylation is 3. The van der Waals surface area contributed by atoms with Gasteiger partial charge in [0.15, 0.2) is 0 Å². The Bertz CT molecular complexity index is 1110. The third-order valence-electron chi connectivity index (χ3n) is 5.55. The van der Waals surface area contributed by atoms with Crippen LogP contribution in [-0.2, 0) is 33.5 Å². The van der Waals surface area contributed by atoms with E-state index in [0.717, 1.165) is 18.4 Å². The summed E-state index contributed by atoms with van der Waals surface area (Å²) in [5, 5.41) is 4.21. The Kier molecular flexibility index (Phi) is 6.71. The number of benzene rings is 1. The molecule has 0 radical (unpaired) electrons. The quantitative estimate of drug-likeness (QED) is 0.666. The van der Waals surface area contributed by atoms with Crippen molar-refractivity contribution in [1.82, 2.24) is 18.4 Å². The van der Waals surface area contributed by atoms with Gasteiger partial charge < -0.3 is 0 Å². The summed E-state index contributed by atoms with van der Waals surface area (Å²) in [6.45, 7) is 6.28. The van der Waals surface area contributed by atoms with Gasteiger partial charge in [-0.15, -0.1) is 0 Å². The van der Waals surface area contributed by atoms with Crippen LogP contribution in [0.15, 0.2) is 34.1 Å². The molecule has 166 valence electrons. The molecule has 0 amide bonds. The second-order valence-electron chi connectivity index (χ2n) is 7.68. The lowest BCUT2D eigenvalue weighted by Crippen LogP contribution is -2.37. The number of rotatable bonds is 6. The van der Waals surface area contributed by atoms with Crippen LogP contribution in [0.3, 0.4) is 0 Å². The van der Waals surface area contributed by atoms with Gasteiger partial charge in [-0.3, -0.25) is 4.68 Å². The largest absolute Gasteiger partial charge is 0.271 e. The molecule has 0 spiro atoms. The van der Waals surface area contributed by atoms with Gasteiger partial charge in [-0.2, -0.15) is 13.7 Å². The van der Waals surface area contributed by atoms with Crippen LogP contribution in [0, 0.1) is 13.8 Å². The van der Waals surface area contributed by atoms with Gasteiger partial charge in [0.05, 0.1) is 16.3 Å². The standard InChI is InChI=1S/C20H30N4O4S2/c1-5-7-18-8-10-19(11-9-18)29(25,26)23-12-6-13-24(15-14-23)30(27,28)20-16(2)21-22(4)17(20)3/h8-11H,5-7,12-15H2,1-4H3. The molecule has 0 N–H and O–H groups in total. The minimum Gasteiger partial charge on any atom is -0.271 e. The summed E-state index contributed by atoms with van der Waals surface area (Å²) in [6, 6.07) is 6.97. The van der Waals surface area contributed by atoms with Crippen molar-refractivity contribution in [3.8, 4) is 0 Å². The van der Waals surface area contributed by atoms with E-state index in [0.29, 0.717) is 17.8 Å². The summed E-state index contributed by atoms with van der Waals surface area (Å²) in [5.74, 6) is 0. The number of hydrogen-bond donors (Lipinski definition) is 0. The van der Waals surface area contributed by atoms with E-state index in [1.54, 1.807) is 37.7 Å². The number of hydrogen-bond acceptors (Lipinski definition) is 5. The van der Waals surface area contributed by atoms with E-state index in [1.165, 1.54) is 8.61 Å². The van der Waals surface area contributed by atoms with Gasteiger partial charge in [0, 0.05) is 33.2 Å². The fraction of sp³-hybridized carbons (Fsp3) is 0.550. The average molecular weight is 455 g/mol. The van der Waals surface area contributed by atoms with E-state index in [-0.39, 0.29) is 36.0 Å². The average Bonchev–Trinajstić information content (AvgIpc) is 2.87. The second-order valence-corrected chi connectivity index (χ2v) is 11.5. The van der Waals surface area contributed by atoms with E-state index in [2.05, 4.69) is 12.0 Å². The molecule has 2 heterocycles. The lowest BCUT2D eigenvalue weighted by Gasteiger charge is -2.22. The van der Waals surface area contributed by atoms with Crippen molar-refractivity contribution in [2.75, 3.05) is 26.2 Å². The van der Waals surface area contributed by atoms with Gasteiger partial charge >= 0.3 is 0 Å². The van der Waals surface area contributed by atoms with Crippen molar-refractivity contribution < 1.29 is 16.8 Å². The van der Waals surface area contributed by atoms with Crippen LogP contribution in [-0.4, -0.2) is 61.4 Å². The normalized spacial score (nSPS) is 17.2. The van der Waals surface area contributed by atoms with Crippen molar-refractivity contribution >= 4 is 20.0 Å². The van der Waals surface area contributed by atoms with Crippen molar-refractivity contribution in [3.05, 3.63) is 41.2 Å². The van der Waals surface area contributed by atoms with Crippen molar-refractivity contribution in [3.63, 3.8) is 0 Å². The molecule has 1 fully saturated rings. The fourth-order valence-corrected chi connectivity index (χ4v) is 7.21. The van der Waals surface area contributed by atoms with Crippen LogP contribution in [0.5, 0.6) is 0 Å². The third kappa shape index (κ3) is 4.32. The molecular formula is C20H30N4O4S2. The van der Waals surface area contributed by atoms with E-state index in [1.807, 2.05) is 12.1 Å². The maximum atomic E-state index is 13.2. The Hall–Kier alpha value is -1.75. The molecule has 30 heavy (non-hydrogen) atoms. The van der Waals surface area contributed by atoms with Gasteiger partial charge in [0.25, 0.3) is 0 Å². The Morgan fingerprint density at radius 2 is 1.47 bits per heavy atom. The molecule has 3 rings (SSSR count). The Labute approximate surface area is 179 Å². The fourth-order valence-electron chi connectivity index (χ4n) is 3.87. The van der Waals surface area contributed by atoms with Gasteiger partial charge in [0.1, 0.15) is 4.90 Å². The van der Waals surface area contributed by atoms with Crippen LogP contribution in [0.1, 0.15) is 36.7 Å². The first-order valence-electron chi connectivity index (χ1n) is 10.2. The number of nitrogens with zero attached hydrogens (tertiary/aromatic N) is 4. The van der Waals surface area contributed by atoms with Crippen LogP contribution >= 0.6 is 0 Å². The first-order valence-corrected chi connectivity index (χ1v) is 13.1. The summed E-state index contributed by atoms with van der Waals surface area (Å²) < 4.78 is 57.0. The number of aromatic nitrogens is 2. The molecule has 0 unspecified atom stereocenters. The molecule has 1 aliphatic heterocycles. The van der Waals surface area contributed by atoms with E-state index in [9.17, 15) is 16.8 Å². The molecule has 1 aromatic carbocycles. The maximum absolute atomic E-state index is 13.2. The highest BCUT2D eigenvalue weighted by atomic mass is 32.2. The monoisotopic (exact) mass is 454 g/mol. The molecule has 0 saturated carbocycles. The van der Waals surface area contributed by atoms with Crippen LogP contribution in [0.4, 0.5) is 0 Å². The second kappa shape index (κ2) is 8.78.